The average molecular weight is 2130 g/mol. The number of hydrogen-bond donors (Lipinski definition) is 9. The number of hydrogen-bond acceptors (Lipinski definition) is 39. The molecular formula is C92H75N13O32S8. The number of rotatable bonds is 26. The fraction of sp³-hybridized carbons (Fsp3) is 0.174. The summed E-state index contributed by atoms with van der Waals surface area (Å²) in [6.45, 7) is 0. The molecule has 0 spiro atoms. The van der Waals surface area contributed by atoms with Gasteiger partial charge in [-0.3, -0.25) is 47.0 Å². The summed E-state index contributed by atoms with van der Waals surface area (Å²) in [6.07, 6.45) is 6.89. The third-order valence-electron chi connectivity index (χ3n) is 23.7. The van der Waals surface area contributed by atoms with Gasteiger partial charge in [0, 0.05) is 88.1 Å². The summed E-state index contributed by atoms with van der Waals surface area (Å²) in [7, 11) is -28.9. The quantitative estimate of drug-likeness (QED) is 0.0180. The monoisotopic (exact) mass is 2130 g/mol. The maximum atomic E-state index is 15.0. The van der Waals surface area contributed by atoms with E-state index in [9.17, 15) is 80.6 Å². The Kier molecular flexibility index (Phi) is 31.7. The van der Waals surface area contributed by atoms with E-state index in [0.29, 0.717) is 58.1 Å². The Labute approximate surface area is 827 Å². The molecule has 0 amide bonds. The van der Waals surface area contributed by atoms with Crippen molar-refractivity contribution in [2.24, 2.45) is 25.9 Å². The Morgan fingerprint density at radius 1 is 0.372 bits per heavy atom. The van der Waals surface area contributed by atoms with Crippen molar-refractivity contribution >= 4 is 174 Å². The molecule has 0 aliphatic heterocycles. The second kappa shape index (κ2) is 43.9. The number of para-hydroxylation sites is 1. The number of nitrogens with zero attached hydrogens (tertiary/aromatic N) is 8. The molecule has 145 heavy (non-hydrogen) atoms. The molecule has 4 heterocycles. The first-order chi connectivity index (χ1) is 68.6. The average Bonchev–Trinajstić information content (AvgIpc) is 0.707. The fourth-order valence-electron chi connectivity index (χ4n) is 17.6. The van der Waals surface area contributed by atoms with Crippen LogP contribution in [0.2, 0.25) is 0 Å². The van der Waals surface area contributed by atoms with Gasteiger partial charge in [0.15, 0.2) is 23.1 Å². The number of aryl methyl sites for hydroxylation is 2. The van der Waals surface area contributed by atoms with Gasteiger partial charge in [-0.25, -0.2) is 0 Å². The van der Waals surface area contributed by atoms with E-state index < -0.39 is 137 Å². The molecule has 4 aromatic heterocycles. The summed E-state index contributed by atoms with van der Waals surface area (Å²) in [4.78, 5) is 114. The summed E-state index contributed by atoms with van der Waals surface area (Å²) in [5.74, 6) is -1.20. The number of carbonyl (C=O) groups is 4. The van der Waals surface area contributed by atoms with Crippen LogP contribution in [-0.4, -0.2) is 177 Å². The van der Waals surface area contributed by atoms with Gasteiger partial charge in [-0.1, -0.05) is 109 Å². The number of carbonyl (C=O) groups excluding carboxylic acids is 4. The highest BCUT2D eigenvalue weighted by molar-refractivity contribution is 7.86. The van der Waals surface area contributed by atoms with E-state index in [1.54, 1.807) is 103 Å². The zero-order valence-corrected chi connectivity index (χ0v) is 81.3. The molecule has 10 aromatic carbocycles. The number of pyridine rings is 2. The predicted octanol–water partition coefficient (Wildman–Crippen LogP) is 11.1. The van der Waals surface area contributed by atoms with Crippen molar-refractivity contribution < 1.29 is 131 Å². The minimum Gasteiger partial charge on any atom is -0.424 e. The lowest BCUT2D eigenvalue weighted by molar-refractivity contribution is 0.102. The van der Waals surface area contributed by atoms with Gasteiger partial charge in [0.1, 0.15) is 22.2 Å². The van der Waals surface area contributed by atoms with Crippen molar-refractivity contribution in [2.45, 2.75) is 95.9 Å². The van der Waals surface area contributed by atoms with Gasteiger partial charge in [0.05, 0.1) is 65.0 Å². The third-order valence-corrected chi connectivity index (χ3v) is 27.3. The number of anilines is 8. The van der Waals surface area contributed by atoms with Crippen LogP contribution in [0, 0.1) is 11.8 Å². The Balaban J connectivity index is 0.000000970. The Morgan fingerprint density at radius 2 is 0.779 bits per heavy atom. The van der Waals surface area contributed by atoms with Gasteiger partial charge >= 0.3 is 54.5 Å². The molecule has 53 heteroatoms. The molecule has 0 unspecified atom stereocenters. The van der Waals surface area contributed by atoms with E-state index in [1.807, 2.05) is 6.07 Å². The van der Waals surface area contributed by atoms with Crippen LogP contribution in [0.1, 0.15) is 133 Å². The normalized spacial score (nSPS) is 14.9. The minimum absolute atomic E-state index is 0.00667. The molecule has 2 fully saturated rings. The smallest absolute Gasteiger partial charge is 0.424 e. The van der Waals surface area contributed by atoms with E-state index in [1.165, 1.54) is 97.5 Å². The largest absolute Gasteiger partial charge is 0.425 e. The van der Waals surface area contributed by atoms with Gasteiger partial charge in [-0.15, -0.1) is 50.5 Å². The molecule has 4 aliphatic rings. The van der Waals surface area contributed by atoms with Crippen LogP contribution in [0.3, 0.4) is 0 Å². The molecule has 0 radical (unpaired) electrons. The SMILES string of the molecule is Cn1c(=O)c(C(=O)c2ccccc2)c2c3c(c(Nc4ccc(S(=O)(=O)O)c(Cc5nc(NC6CCC(CC7CCC(Nc8nc(Nc9ccc(S(=O)(=O)O)c(Nc%10ccc%11c%12c%10C(=O)c%10ccccc%10-c%12c(C(=O)c%10cccc(S(=O)(=O)O)c%10)c(=O)n%11C)c9)nc(Oc9ccc(S(=O)(=O)O)cc9)n8)CC7)CC6)nc(Oc6ccccc6)n5)c4)ccc31)C(=O)c1ccccc1-2.O=S(=O)=O.O=S(=O)=O.O=S(=O)=O.O=S(=O)=O. The van der Waals surface area contributed by atoms with Gasteiger partial charge in [0.2, 0.25) is 17.8 Å². The van der Waals surface area contributed by atoms with Crippen LogP contribution in [0.5, 0.6) is 23.5 Å². The fourth-order valence-corrected chi connectivity index (χ4v) is 20.0. The van der Waals surface area contributed by atoms with Gasteiger partial charge in [-0.2, -0.15) is 63.6 Å². The molecular weight excluding hydrogens is 2060 g/mol. The predicted molar refractivity (Wildman–Crippen MR) is 515 cm³/mol. The van der Waals surface area contributed by atoms with Crippen molar-refractivity contribution in [3.8, 4) is 45.8 Å². The van der Waals surface area contributed by atoms with Crippen LogP contribution in [-0.2, 0) is 103 Å². The second-order valence-electron chi connectivity index (χ2n) is 32.7. The van der Waals surface area contributed by atoms with Crippen LogP contribution in [0.4, 0.5) is 46.3 Å². The van der Waals surface area contributed by atoms with E-state index in [2.05, 4.69) is 46.5 Å². The van der Waals surface area contributed by atoms with Crippen molar-refractivity contribution in [3.05, 3.63) is 295 Å². The first kappa shape index (κ1) is 105. The lowest BCUT2D eigenvalue weighted by Gasteiger charge is -2.34. The Morgan fingerprint density at radius 3 is 1.26 bits per heavy atom. The third kappa shape index (κ3) is 24.9. The molecule has 0 saturated heterocycles. The maximum absolute atomic E-state index is 15.0. The van der Waals surface area contributed by atoms with Crippen LogP contribution in [0.15, 0.2) is 248 Å². The van der Waals surface area contributed by atoms with Crippen LogP contribution in [0.25, 0.3) is 44.1 Å². The number of ether oxygens (including phenoxy) is 2. The molecule has 0 atom stereocenters. The molecule has 748 valence electrons. The summed E-state index contributed by atoms with van der Waals surface area (Å²) >= 11 is 0. The molecule has 4 aliphatic carbocycles. The first-order valence-electron chi connectivity index (χ1n) is 42.7. The standard InChI is InChI=1S/C92H75N13O20S4.4O3S/c1-104-69-40-38-66(76-78(69)74(62-20-9-11-22-64(62)84(76)108)80(86(104)110)82(106)51-14-5-3-6-15-51)93-56-32-42-71(128(118,119)120)53(45-56)47-73-98-88(101-91(99-73)124-58-17-7-4-8-18-58)94-54-28-24-49(25-29-54)44-50-26-30-55(31-27-50)95-89-100-90(103-92(102-89)125-59-34-36-60(37-35-59)126(112,113)114)96-57-33-43-72(129(121,122)123)68(48-57)97-67-39-41-70-79-75(63-21-10-12-23-65(63)85(109)77(67)79)81(87(111)105(70)2)83(107)52-16-13-19-61(46-52)127(115,116)117;4*1-4(2)3/h3-23,32-43,45-46,48-50,54-55,93,97H,24-31,44,47H2,1-2H3,(H,112,113,114)(H,115,116,117)(H,118,119,120)(H,121,122,123)(H,94,98,99,101)(H2,95,96,100,102,103);;;;. The second-order valence-corrected chi connectivity index (χ2v) is 39.9. The number of aromatic nitrogens is 8. The van der Waals surface area contributed by atoms with E-state index >= 15 is 0 Å². The highest BCUT2D eigenvalue weighted by atomic mass is 32.2. The highest BCUT2D eigenvalue weighted by Gasteiger charge is 2.39. The van der Waals surface area contributed by atoms with Crippen molar-refractivity contribution in [3.63, 3.8) is 0 Å². The van der Waals surface area contributed by atoms with Gasteiger partial charge in [-0.05, 0) is 196 Å². The molecule has 9 N–H and O–H groups in total. The Hall–Kier alpha value is -16.0. The number of ketones is 4. The van der Waals surface area contributed by atoms with Crippen LogP contribution >= 0.6 is 0 Å². The zero-order valence-electron chi connectivity index (χ0n) is 74.7. The van der Waals surface area contributed by atoms with Crippen LogP contribution < -0.4 is 47.2 Å². The topological polar surface area (TPSA) is 691 Å². The lowest BCUT2D eigenvalue weighted by Crippen LogP contribution is -2.30. The van der Waals surface area contributed by atoms with Gasteiger partial charge in [0.25, 0.3) is 51.6 Å². The molecule has 0 bridgehead atoms. The minimum atomic E-state index is -5.08. The molecule has 14 aromatic rings. The van der Waals surface area contributed by atoms with Crippen molar-refractivity contribution in [2.75, 3.05) is 26.6 Å². The number of fused-ring (bicyclic) bond motifs is 4. The lowest BCUT2D eigenvalue weighted by atomic mass is 9.75. The number of nitrogens with one attached hydrogen (secondary N) is 5. The summed E-state index contributed by atoms with van der Waals surface area (Å²) < 4.78 is 259. The zero-order chi connectivity index (χ0) is 105. The van der Waals surface area contributed by atoms with E-state index in [0.717, 1.165) is 79.8 Å². The van der Waals surface area contributed by atoms with Crippen molar-refractivity contribution in [1.29, 1.82) is 0 Å². The molecule has 2 saturated carbocycles. The molecule has 45 nitrogen and oxygen atoms in total. The summed E-state index contributed by atoms with van der Waals surface area (Å²) in [5.41, 5.74) is 0.281. The van der Waals surface area contributed by atoms with E-state index in [4.69, 9.17) is 69.9 Å². The Bertz CT molecular complexity index is 8660. The summed E-state index contributed by atoms with van der Waals surface area (Å²) in [5, 5.41) is 16.8. The number of benzene rings is 10. The highest BCUT2D eigenvalue weighted by Crippen LogP contribution is 2.48. The summed E-state index contributed by atoms with van der Waals surface area (Å²) in [6, 6.07) is 52.7. The van der Waals surface area contributed by atoms with Crippen molar-refractivity contribution in [1.82, 2.24) is 39.0 Å². The first-order valence-corrected chi connectivity index (χ1v) is 52.4. The molecule has 18 rings (SSSR count). The van der Waals surface area contributed by atoms with E-state index in [-0.39, 0.29) is 155 Å². The van der Waals surface area contributed by atoms with Gasteiger partial charge < -0.3 is 45.2 Å². The maximum Gasteiger partial charge on any atom is 0.425 e.